The maximum Gasteiger partial charge on any atom is 0.234 e. The summed E-state index contributed by atoms with van der Waals surface area (Å²) < 4.78 is 5.75. The van der Waals surface area contributed by atoms with Gasteiger partial charge in [0, 0.05) is 5.56 Å². The van der Waals surface area contributed by atoms with E-state index in [0.29, 0.717) is 18.9 Å². The lowest BCUT2D eigenvalue weighted by Crippen LogP contribution is -2.32. The number of H-pyrrole nitrogens is 1. The van der Waals surface area contributed by atoms with Crippen LogP contribution < -0.4 is 4.74 Å². The molecule has 1 amide bonds. The normalized spacial score (nSPS) is 16.8. The van der Waals surface area contributed by atoms with E-state index in [0.717, 1.165) is 22.8 Å². The van der Waals surface area contributed by atoms with Gasteiger partial charge < -0.3 is 14.6 Å². The number of hydrogen-bond acceptors (Lipinski definition) is 4. The Balaban J connectivity index is 1.44. The van der Waals surface area contributed by atoms with E-state index < -0.39 is 0 Å². The fourth-order valence-corrected chi connectivity index (χ4v) is 4.10. The highest BCUT2D eigenvalue weighted by atomic mass is 32.2. The van der Waals surface area contributed by atoms with Crippen LogP contribution in [0.2, 0.25) is 0 Å². The number of carbonyl (C=O) groups is 1. The standard InChI is InChI=1S/C20H19N3O2S/c24-18-14-26-20(23(18)11-12-25-16-9-5-2-6-10-16)17-13-21-19(22-17)15-7-3-1-4-8-15/h1-10,13,20H,11-12,14H2,(H,21,22). The van der Waals surface area contributed by atoms with Crippen molar-refractivity contribution >= 4 is 17.7 Å². The second-order valence-electron chi connectivity index (χ2n) is 5.97. The molecular formula is C20H19N3O2S. The molecule has 1 unspecified atom stereocenters. The highest BCUT2D eigenvalue weighted by Gasteiger charge is 2.33. The minimum atomic E-state index is -0.0492. The van der Waals surface area contributed by atoms with Crippen molar-refractivity contribution < 1.29 is 9.53 Å². The van der Waals surface area contributed by atoms with Gasteiger partial charge in [-0.05, 0) is 12.1 Å². The molecule has 0 bridgehead atoms. The molecule has 1 fully saturated rings. The van der Waals surface area contributed by atoms with Crippen molar-refractivity contribution in [3.63, 3.8) is 0 Å². The second kappa shape index (κ2) is 7.66. The molecule has 0 saturated carbocycles. The first-order valence-electron chi connectivity index (χ1n) is 8.50. The maximum atomic E-state index is 12.3. The summed E-state index contributed by atoms with van der Waals surface area (Å²) in [7, 11) is 0. The minimum Gasteiger partial charge on any atom is -0.492 e. The van der Waals surface area contributed by atoms with Crippen molar-refractivity contribution in [2.24, 2.45) is 0 Å². The molecule has 1 N–H and O–H groups in total. The molecule has 5 nitrogen and oxygen atoms in total. The smallest absolute Gasteiger partial charge is 0.234 e. The fourth-order valence-electron chi connectivity index (χ4n) is 2.94. The van der Waals surface area contributed by atoms with Crippen LogP contribution in [-0.4, -0.2) is 39.7 Å². The summed E-state index contributed by atoms with van der Waals surface area (Å²) in [4.78, 5) is 22.0. The van der Waals surface area contributed by atoms with E-state index in [9.17, 15) is 4.79 Å². The predicted molar refractivity (Wildman–Crippen MR) is 103 cm³/mol. The number of aromatic nitrogens is 2. The number of rotatable bonds is 6. The number of amides is 1. The fraction of sp³-hybridized carbons (Fsp3) is 0.200. The van der Waals surface area contributed by atoms with Crippen molar-refractivity contribution in [2.75, 3.05) is 18.9 Å². The van der Waals surface area contributed by atoms with Gasteiger partial charge in [-0.3, -0.25) is 4.79 Å². The quantitative estimate of drug-likeness (QED) is 0.723. The largest absolute Gasteiger partial charge is 0.492 e. The molecule has 132 valence electrons. The van der Waals surface area contributed by atoms with E-state index >= 15 is 0 Å². The van der Waals surface area contributed by atoms with E-state index in [1.54, 1.807) is 11.8 Å². The van der Waals surface area contributed by atoms with E-state index in [1.165, 1.54) is 0 Å². The van der Waals surface area contributed by atoms with E-state index in [-0.39, 0.29) is 11.3 Å². The number of carbonyl (C=O) groups excluding carboxylic acids is 1. The summed E-state index contributed by atoms with van der Waals surface area (Å²) in [5.74, 6) is 2.25. The summed E-state index contributed by atoms with van der Waals surface area (Å²) in [6.45, 7) is 1.01. The molecule has 1 saturated heterocycles. The number of benzene rings is 2. The van der Waals surface area contributed by atoms with Gasteiger partial charge in [-0.1, -0.05) is 48.5 Å². The first kappa shape index (κ1) is 16.7. The molecule has 1 aromatic heterocycles. The summed E-state index contributed by atoms with van der Waals surface area (Å²) in [6.07, 6.45) is 1.82. The average molecular weight is 365 g/mol. The minimum absolute atomic E-state index is 0.0492. The number of nitrogens with one attached hydrogen (secondary N) is 1. The van der Waals surface area contributed by atoms with Gasteiger partial charge in [0.25, 0.3) is 0 Å². The summed E-state index contributed by atoms with van der Waals surface area (Å²) >= 11 is 1.62. The number of hydrogen-bond donors (Lipinski definition) is 1. The highest BCUT2D eigenvalue weighted by molar-refractivity contribution is 8.00. The molecule has 3 aromatic rings. The van der Waals surface area contributed by atoms with E-state index in [1.807, 2.05) is 71.8 Å². The third-order valence-electron chi connectivity index (χ3n) is 4.22. The van der Waals surface area contributed by atoms with Crippen LogP contribution in [-0.2, 0) is 4.79 Å². The number of imidazole rings is 1. The third-order valence-corrected chi connectivity index (χ3v) is 5.46. The molecule has 1 aliphatic rings. The Morgan fingerprint density at radius 1 is 1.12 bits per heavy atom. The molecule has 2 aromatic carbocycles. The first-order valence-corrected chi connectivity index (χ1v) is 9.55. The number of nitrogens with zero attached hydrogens (tertiary/aromatic N) is 2. The topological polar surface area (TPSA) is 58.2 Å². The van der Waals surface area contributed by atoms with Crippen LogP contribution >= 0.6 is 11.8 Å². The van der Waals surface area contributed by atoms with Crippen molar-refractivity contribution in [1.82, 2.24) is 14.9 Å². The molecule has 2 heterocycles. The zero-order valence-corrected chi connectivity index (χ0v) is 15.0. The van der Waals surface area contributed by atoms with Crippen molar-refractivity contribution in [3.8, 4) is 17.1 Å². The van der Waals surface area contributed by atoms with Crippen LogP contribution in [0.15, 0.2) is 66.9 Å². The lowest BCUT2D eigenvalue weighted by Gasteiger charge is -2.22. The molecule has 6 heteroatoms. The summed E-state index contributed by atoms with van der Waals surface area (Å²) in [6, 6.07) is 19.6. The number of ether oxygens (including phenoxy) is 1. The lowest BCUT2D eigenvalue weighted by atomic mass is 10.2. The second-order valence-corrected chi connectivity index (χ2v) is 7.03. The Morgan fingerprint density at radius 2 is 1.85 bits per heavy atom. The SMILES string of the molecule is O=C1CSC(c2cnc(-c3ccccc3)[nH]2)N1CCOc1ccccc1. The maximum absolute atomic E-state index is 12.3. The summed E-state index contributed by atoms with van der Waals surface area (Å²) in [5.41, 5.74) is 1.98. The zero-order valence-electron chi connectivity index (χ0n) is 14.2. The Morgan fingerprint density at radius 3 is 2.62 bits per heavy atom. The molecule has 26 heavy (non-hydrogen) atoms. The van der Waals surface area contributed by atoms with Gasteiger partial charge in [0.05, 0.1) is 24.2 Å². The van der Waals surface area contributed by atoms with Crippen LogP contribution in [0.3, 0.4) is 0 Å². The number of thioether (sulfide) groups is 1. The van der Waals surface area contributed by atoms with Crippen LogP contribution in [0.5, 0.6) is 5.75 Å². The molecule has 0 aliphatic carbocycles. The molecular weight excluding hydrogens is 346 g/mol. The molecule has 4 rings (SSSR count). The number of aromatic amines is 1. The van der Waals surface area contributed by atoms with Crippen molar-refractivity contribution in [2.45, 2.75) is 5.37 Å². The van der Waals surface area contributed by atoms with Crippen LogP contribution in [0, 0.1) is 0 Å². The first-order chi connectivity index (χ1) is 12.8. The number of para-hydroxylation sites is 1. The van der Waals surface area contributed by atoms with Gasteiger partial charge in [-0.25, -0.2) is 4.98 Å². The van der Waals surface area contributed by atoms with Gasteiger partial charge in [0.2, 0.25) is 5.91 Å². The van der Waals surface area contributed by atoms with E-state index in [2.05, 4.69) is 9.97 Å². The van der Waals surface area contributed by atoms with Gasteiger partial charge in [-0.2, -0.15) is 0 Å². The summed E-state index contributed by atoms with van der Waals surface area (Å²) in [5, 5.41) is -0.0492. The Bertz CT molecular complexity index is 867. The Hall–Kier alpha value is -2.73. The lowest BCUT2D eigenvalue weighted by molar-refractivity contribution is -0.128. The van der Waals surface area contributed by atoms with Crippen LogP contribution in [0.25, 0.3) is 11.4 Å². The van der Waals surface area contributed by atoms with Crippen LogP contribution in [0.1, 0.15) is 11.1 Å². The van der Waals surface area contributed by atoms with Crippen molar-refractivity contribution in [1.29, 1.82) is 0 Å². The van der Waals surface area contributed by atoms with Gasteiger partial charge >= 0.3 is 0 Å². The van der Waals surface area contributed by atoms with Gasteiger partial charge in [0.15, 0.2) is 0 Å². The molecule has 1 atom stereocenters. The Kier molecular flexibility index (Phi) is 4.93. The molecule has 0 spiro atoms. The Labute approximate surface area is 156 Å². The average Bonchev–Trinajstić information content (AvgIpc) is 3.31. The molecule has 0 radical (unpaired) electrons. The van der Waals surface area contributed by atoms with Gasteiger partial charge in [-0.15, -0.1) is 11.8 Å². The highest BCUT2D eigenvalue weighted by Crippen LogP contribution is 2.38. The van der Waals surface area contributed by atoms with Crippen LogP contribution in [0.4, 0.5) is 0 Å². The van der Waals surface area contributed by atoms with Gasteiger partial charge in [0.1, 0.15) is 23.6 Å². The predicted octanol–water partition coefficient (Wildman–Crippen LogP) is 3.73. The van der Waals surface area contributed by atoms with E-state index in [4.69, 9.17) is 4.74 Å². The third kappa shape index (κ3) is 3.60. The monoisotopic (exact) mass is 365 g/mol. The molecule has 1 aliphatic heterocycles. The van der Waals surface area contributed by atoms with Crippen molar-refractivity contribution in [3.05, 3.63) is 72.6 Å². The zero-order chi connectivity index (χ0) is 17.8.